The fraction of sp³-hybridized carbons (Fsp3) is 0.357. The Balaban J connectivity index is 2.24. The molecule has 21 heavy (non-hydrogen) atoms. The summed E-state index contributed by atoms with van der Waals surface area (Å²) >= 11 is 0. The number of aryl methyl sites for hydroxylation is 1. The van der Waals surface area contributed by atoms with Crippen LogP contribution in [0, 0.1) is 0 Å². The van der Waals surface area contributed by atoms with Crippen molar-refractivity contribution in [2.75, 3.05) is 0 Å². The summed E-state index contributed by atoms with van der Waals surface area (Å²) in [6.45, 7) is 4.69. The second-order valence-corrected chi connectivity index (χ2v) is 6.47. The molecule has 2 aromatic rings. The van der Waals surface area contributed by atoms with Gasteiger partial charge in [0.25, 0.3) is 0 Å². The molecular weight excluding hydrogens is 288 g/mol. The molecule has 0 saturated carbocycles. The summed E-state index contributed by atoms with van der Waals surface area (Å²) in [7, 11) is -3.60. The number of pyridine rings is 1. The van der Waals surface area contributed by atoms with Crippen molar-refractivity contribution in [2.24, 2.45) is 5.73 Å². The first-order valence-corrected chi connectivity index (χ1v) is 8.28. The van der Waals surface area contributed by atoms with Gasteiger partial charge in [-0.1, -0.05) is 6.07 Å². The number of aromatic nitrogens is 2. The van der Waals surface area contributed by atoms with E-state index in [2.05, 4.69) is 9.71 Å². The highest BCUT2D eigenvalue weighted by Gasteiger charge is 2.21. The van der Waals surface area contributed by atoms with Crippen molar-refractivity contribution in [1.82, 2.24) is 14.3 Å². The van der Waals surface area contributed by atoms with Gasteiger partial charge in [0.05, 0.1) is 16.6 Å². The second-order valence-electron chi connectivity index (χ2n) is 4.75. The van der Waals surface area contributed by atoms with Crippen molar-refractivity contribution in [1.29, 1.82) is 0 Å². The van der Waals surface area contributed by atoms with Gasteiger partial charge >= 0.3 is 0 Å². The smallest absolute Gasteiger partial charge is 0.242 e. The minimum atomic E-state index is -3.60. The zero-order valence-electron chi connectivity index (χ0n) is 12.2. The highest BCUT2D eigenvalue weighted by atomic mass is 32.2. The molecule has 2 heterocycles. The van der Waals surface area contributed by atoms with Gasteiger partial charge in [-0.2, -0.15) is 0 Å². The summed E-state index contributed by atoms with van der Waals surface area (Å²) in [5.74, 6) is 0. The highest BCUT2D eigenvalue weighted by molar-refractivity contribution is 7.89. The summed E-state index contributed by atoms with van der Waals surface area (Å²) in [5.41, 5.74) is 7.10. The molecule has 0 amide bonds. The van der Waals surface area contributed by atoms with Crippen LogP contribution in [0.3, 0.4) is 0 Å². The van der Waals surface area contributed by atoms with Crippen LogP contribution in [-0.4, -0.2) is 18.0 Å². The Labute approximate surface area is 125 Å². The molecule has 0 aliphatic rings. The fourth-order valence-corrected chi connectivity index (χ4v) is 3.41. The molecule has 7 heteroatoms. The summed E-state index contributed by atoms with van der Waals surface area (Å²) in [4.78, 5) is 4.39. The van der Waals surface area contributed by atoms with E-state index < -0.39 is 16.1 Å². The first-order chi connectivity index (χ1) is 9.97. The lowest BCUT2D eigenvalue weighted by atomic mass is 10.2. The van der Waals surface area contributed by atoms with Crippen LogP contribution in [0.1, 0.15) is 31.3 Å². The van der Waals surface area contributed by atoms with Crippen LogP contribution in [0.5, 0.6) is 0 Å². The van der Waals surface area contributed by atoms with Crippen LogP contribution in [0.2, 0.25) is 0 Å². The Morgan fingerprint density at radius 1 is 1.43 bits per heavy atom. The van der Waals surface area contributed by atoms with Gasteiger partial charge in [0.1, 0.15) is 0 Å². The summed E-state index contributed by atoms with van der Waals surface area (Å²) in [5, 5.41) is 0. The van der Waals surface area contributed by atoms with E-state index in [1.165, 1.54) is 0 Å². The average Bonchev–Trinajstić information content (AvgIpc) is 2.92. The molecule has 0 saturated heterocycles. The van der Waals surface area contributed by atoms with E-state index in [1.54, 1.807) is 37.5 Å². The molecule has 6 nitrogen and oxygen atoms in total. The van der Waals surface area contributed by atoms with E-state index >= 15 is 0 Å². The maximum absolute atomic E-state index is 12.4. The third-order valence-corrected chi connectivity index (χ3v) is 4.79. The number of hydrogen-bond acceptors (Lipinski definition) is 4. The molecule has 3 N–H and O–H groups in total. The zero-order chi connectivity index (χ0) is 15.5. The van der Waals surface area contributed by atoms with Gasteiger partial charge in [0.15, 0.2) is 0 Å². The number of hydrogen-bond donors (Lipinski definition) is 2. The molecular formula is C14H20N4O2S. The quantitative estimate of drug-likeness (QED) is 0.844. The number of rotatable bonds is 6. The molecule has 0 aliphatic heterocycles. The SMILES string of the molecule is CCn1cc(S(=O)(=O)NC(C)c2ccccn2)cc1CN. The molecule has 114 valence electrons. The summed E-state index contributed by atoms with van der Waals surface area (Å²) in [6, 6.07) is 6.61. The average molecular weight is 308 g/mol. The first kappa shape index (κ1) is 15.7. The van der Waals surface area contributed by atoms with Gasteiger partial charge in [-0.25, -0.2) is 13.1 Å². The summed E-state index contributed by atoms with van der Waals surface area (Å²) in [6.07, 6.45) is 3.25. The lowest BCUT2D eigenvalue weighted by molar-refractivity contribution is 0.563. The molecule has 0 aliphatic carbocycles. The van der Waals surface area contributed by atoms with Crippen LogP contribution in [-0.2, 0) is 23.1 Å². The lowest BCUT2D eigenvalue weighted by Crippen LogP contribution is -2.27. The Morgan fingerprint density at radius 3 is 2.71 bits per heavy atom. The van der Waals surface area contributed by atoms with E-state index in [4.69, 9.17) is 5.73 Å². The van der Waals surface area contributed by atoms with E-state index in [0.717, 1.165) is 5.69 Å². The van der Waals surface area contributed by atoms with Gasteiger partial charge in [-0.05, 0) is 32.0 Å². The van der Waals surface area contributed by atoms with Crippen molar-refractivity contribution in [3.8, 4) is 0 Å². The van der Waals surface area contributed by atoms with E-state index in [0.29, 0.717) is 18.8 Å². The third kappa shape index (κ3) is 3.49. The standard InChI is InChI=1S/C14H20N4O2S/c1-3-18-10-13(8-12(18)9-15)21(19,20)17-11(2)14-6-4-5-7-16-14/h4-8,10-11,17H,3,9,15H2,1-2H3. The highest BCUT2D eigenvalue weighted by Crippen LogP contribution is 2.18. The number of nitrogens with zero attached hydrogens (tertiary/aromatic N) is 2. The number of nitrogens with one attached hydrogen (secondary N) is 1. The molecule has 0 spiro atoms. The van der Waals surface area contributed by atoms with Crippen molar-refractivity contribution < 1.29 is 8.42 Å². The normalized spacial score (nSPS) is 13.3. The Morgan fingerprint density at radius 2 is 2.19 bits per heavy atom. The molecule has 1 atom stereocenters. The Hall–Kier alpha value is -1.70. The van der Waals surface area contributed by atoms with Gasteiger partial charge in [0, 0.05) is 31.2 Å². The van der Waals surface area contributed by atoms with Crippen LogP contribution >= 0.6 is 0 Å². The predicted molar refractivity (Wildman–Crippen MR) is 81.0 cm³/mol. The maximum Gasteiger partial charge on any atom is 0.242 e. The van der Waals surface area contributed by atoms with Crippen LogP contribution in [0.25, 0.3) is 0 Å². The van der Waals surface area contributed by atoms with Gasteiger partial charge < -0.3 is 10.3 Å². The van der Waals surface area contributed by atoms with E-state index in [1.807, 2.05) is 17.6 Å². The predicted octanol–water partition coefficient (Wildman–Crippen LogP) is 1.40. The van der Waals surface area contributed by atoms with Gasteiger partial charge in [0.2, 0.25) is 10.0 Å². The van der Waals surface area contributed by atoms with Crippen molar-refractivity contribution >= 4 is 10.0 Å². The van der Waals surface area contributed by atoms with E-state index in [9.17, 15) is 8.42 Å². The molecule has 1 unspecified atom stereocenters. The summed E-state index contributed by atoms with van der Waals surface area (Å²) < 4.78 is 29.3. The third-order valence-electron chi connectivity index (χ3n) is 3.28. The minimum Gasteiger partial charge on any atom is -0.349 e. The number of sulfonamides is 1. The molecule has 0 fully saturated rings. The van der Waals surface area contributed by atoms with Gasteiger partial charge in [-0.15, -0.1) is 0 Å². The fourth-order valence-electron chi connectivity index (χ4n) is 2.13. The second kappa shape index (κ2) is 6.38. The van der Waals surface area contributed by atoms with Crippen LogP contribution in [0.15, 0.2) is 41.6 Å². The maximum atomic E-state index is 12.4. The zero-order valence-corrected chi connectivity index (χ0v) is 13.0. The molecule has 0 radical (unpaired) electrons. The largest absolute Gasteiger partial charge is 0.349 e. The molecule has 2 aromatic heterocycles. The Kier molecular flexibility index (Phi) is 4.76. The molecule has 0 aromatic carbocycles. The number of nitrogens with two attached hydrogens (primary N) is 1. The van der Waals surface area contributed by atoms with Crippen molar-refractivity contribution in [3.63, 3.8) is 0 Å². The van der Waals surface area contributed by atoms with Crippen LogP contribution in [0.4, 0.5) is 0 Å². The Bertz CT molecular complexity index is 674. The van der Waals surface area contributed by atoms with Crippen LogP contribution < -0.4 is 10.5 Å². The van der Waals surface area contributed by atoms with Crippen molar-refractivity contribution in [2.45, 2.75) is 37.9 Å². The minimum absolute atomic E-state index is 0.229. The first-order valence-electron chi connectivity index (χ1n) is 6.80. The topological polar surface area (TPSA) is 90.0 Å². The lowest BCUT2D eigenvalue weighted by Gasteiger charge is -2.12. The van der Waals surface area contributed by atoms with Crippen molar-refractivity contribution in [3.05, 3.63) is 48.0 Å². The van der Waals surface area contributed by atoms with E-state index in [-0.39, 0.29) is 4.90 Å². The monoisotopic (exact) mass is 308 g/mol. The molecule has 0 bridgehead atoms. The molecule has 2 rings (SSSR count). The van der Waals surface area contributed by atoms with Gasteiger partial charge in [-0.3, -0.25) is 4.98 Å².